The molecule has 0 saturated heterocycles. The van der Waals surface area contributed by atoms with Gasteiger partial charge in [-0.3, -0.25) is 4.72 Å². The lowest BCUT2D eigenvalue weighted by Gasteiger charge is -2.05. The molecule has 0 aliphatic carbocycles. The molecule has 0 aromatic rings. The number of carbonyl (C=O) groups is 1. The van der Waals surface area contributed by atoms with E-state index in [0.717, 1.165) is 5.75 Å². The number of carbonyl (C=O) groups excluding carboxylic acids is 1. The van der Waals surface area contributed by atoms with Crippen molar-refractivity contribution in [3.05, 3.63) is 0 Å². The summed E-state index contributed by atoms with van der Waals surface area (Å²) in [4.78, 5) is 10.0. The molecule has 0 unspecified atom stereocenters. The number of rotatable bonds is 5. The zero-order valence-corrected chi connectivity index (χ0v) is 6.15. The van der Waals surface area contributed by atoms with Crippen LogP contribution in [0.15, 0.2) is 0 Å². The van der Waals surface area contributed by atoms with Crippen molar-refractivity contribution in [2.24, 2.45) is 0 Å². The van der Waals surface area contributed by atoms with Gasteiger partial charge in [0, 0.05) is 5.75 Å². The summed E-state index contributed by atoms with van der Waals surface area (Å²) in [6.45, 7) is 1.84. The molecule has 1 atom stereocenters. The van der Waals surface area contributed by atoms with Crippen LogP contribution in [0.2, 0.25) is 0 Å². The highest BCUT2D eigenvalue weighted by atomic mass is 32.2. The minimum atomic E-state index is -0.407. The molecule has 2 N–H and O–H groups in total. The van der Waals surface area contributed by atoms with Gasteiger partial charge in [-0.1, -0.05) is 18.9 Å². The van der Waals surface area contributed by atoms with E-state index >= 15 is 0 Å². The average molecular weight is 149 g/mol. The van der Waals surface area contributed by atoms with Crippen molar-refractivity contribution in [2.75, 3.05) is 12.4 Å². The van der Waals surface area contributed by atoms with Crippen molar-refractivity contribution in [3.63, 3.8) is 0 Å². The van der Waals surface area contributed by atoms with Crippen LogP contribution in [0.3, 0.4) is 0 Å². The SMILES string of the molecule is CCSN[C@H](C=O)CO. The first-order chi connectivity index (χ1) is 4.35. The molecule has 54 valence electrons. The second-order valence-electron chi connectivity index (χ2n) is 1.48. The molecule has 3 nitrogen and oxygen atoms in total. The normalized spacial score (nSPS) is 13.1. The van der Waals surface area contributed by atoms with Crippen molar-refractivity contribution < 1.29 is 9.90 Å². The van der Waals surface area contributed by atoms with E-state index in [1.165, 1.54) is 11.9 Å². The van der Waals surface area contributed by atoms with Gasteiger partial charge in [-0.2, -0.15) is 0 Å². The molecule has 0 aromatic carbocycles. The quantitative estimate of drug-likeness (QED) is 0.420. The Morgan fingerprint density at radius 1 is 1.89 bits per heavy atom. The molecule has 0 amide bonds. The van der Waals surface area contributed by atoms with Gasteiger partial charge in [-0.25, -0.2) is 0 Å². The zero-order chi connectivity index (χ0) is 7.11. The Morgan fingerprint density at radius 3 is 2.89 bits per heavy atom. The molecule has 0 aromatic heterocycles. The summed E-state index contributed by atoms with van der Waals surface area (Å²) in [5.74, 6) is 0.893. The highest BCUT2D eigenvalue weighted by Crippen LogP contribution is 1.92. The summed E-state index contributed by atoms with van der Waals surface area (Å²) < 4.78 is 2.77. The Hall–Kier alpha value is -0.0600. The molecule has 9 heavy (non-hydrogen) atoms. The second-order valence-corrected chi connectivity index (χ2v) is 2.58. The van der Waals surface area contributed by atoms with Gasteiger partial charge in [0.15, 0.2) is 0 Å². The second kappa shape index (κ2) is 6.07. The first kappa shape index (κ1) is 8.94. The van der Waals surface area contributed by atoms with Crippen molar-refractivity contribution in [3.8, 4) is 0 Å². The van der Waals surface area contributed by atoms with Gasteiger partial charge in [0.05, 0.1) is 12.6 Å². The van der Waals surface area contributed by atoms with E-state index in [1.807, 2.05) is 6.92 Å². The van der Waals surface area contributed by atoms with E-state index in [9.17, 15) is 4.79 Å². The summed E-state index contributed by atoms with van der Waals surface area (Å²) in [6, 6.07) is -0.407. The number of hydrogen-bond donors (Lipinski definition) is 2. The van der Waals surface area contributed by atoms with E-state index in [1.54, 1.807) is 0 Å². The maximum absolute atomic E-state index is 10.0. The predicted molar refractivity (Wildman–Crippen MR) is 38.2 cm³/mol. The van der Waals surface area contributed by atoms with Crippen molar-refractivity contribution in [1.82, 2.24) is 4.72 Å². The van der Waals surface area contributed by atoms with Crippen LogP contribution < -0.4 is 4.72 Å². The van der Waals surface area contributed by atoms with Crippen LogP contribution in [0.1, 0.15) is 6.92 Å². The molecule has 0 rings (SSSR count). The van der Waals surface area contributed by atoms with Crippen molar-refractivity contribution in [1.29, 1.82) is 0 Å². The first-order valence-electron chi connectivity index (χ1n) is 2.78. The molecule has 0 fully saturated rings. The Kier molecular flexibility index (Phi) is 6.03. The maximum atomic E-state index is 10.0. The fraction of sp³-hybridized carbons (Fsp3) is 0.800. The third kappa shape index (κ3) is 4.44. The largest absolute Gasteiger partial charge is 0.394 e. The van der Waals surface area contributed by atoms with Gasteiger partial charge >= 0.3 is 0 Å². The van der Waals surface area contributed by atoms with E-state index in [-0.39, 0.29) is 6.61 Å². The molecule has 4 heteroatoms. The summed E-state index contributed by atoms with van der Waals surface area (Å²) in [5.41, 5.74) is 0. The summed E-state index contributed by atoms with van der Waals surface area (Å²) >= 11 is 1.42. The van der Waals surface area contributed by atoms with Crippen LogP contribution in [0.25, 0.3) is 0 Å². The predicted octanol–water partition coefficient (Wildman–Crippen LogP) is -0.196. The average Bonchev–Trinajstić information content (AvgIpc) is 1.91. The monoisotopic (exact) mass is 149 g/mol. The van der Waals surface area contributed by atoms with Crippen LogP contribution >= 0.6 is 11.9 Å². The van der Waals surface area contributed by atoms with Crippen LogP contribution in [-0.4, -0.2) is 29.8 Å². The van der Waals surface area contributed by atoms with Crippen molar-refractivity contribution in [2.45, 2.75) is 13.0 Å². The fourth-order valence-electron chi connectivity index (χ4n) is 0.298. The number of aliphatic hydroxyl groups excluding tert-OH is 1. The first-order valence-corrected chi connectivity index (χ1v) is 3.77. The Bertz CT molecular complexity index is 79.4. The highest BCUT2D eigenvalue weighted by Gasteiger charge is 2.01. The van der Waals surface area contributed by atoms with Gasteiger partial charge in [-0.15, -0.1) is 0 Å². The molecule has 0 radical (unpaired) electrons. The fourth-order valence-corrected chi connectivity index (χ4v) is 0.809. The third-order valence-electron chi connectivity index (χ3n) is 0.740. The third-order valence-corrected chi connectivity index (χ3v) is 1.50. The molecule has 0 spiro atoms. The van der Waals surface area contributed by atoms with Crippen LogP contribution in [-0.2, 0) is 4.79 Å². The molecule has 0 aliphatic heterocycles. The Balaban J connectivity index is 3.20. The van der Waals surface area contributed by atoms with Crippen LogP contribution in [0.5, 0.6) is 0 Å². The smallest absolute Gasteiger partial charge is 0.140 e. The van der Waals surface area contributed by atoms with Gasteiger partial charge in [0.1, 0.15) is 6.29 Å². The number of hydrogen-bond acceptors (Lipinski definition) is 4. The van der Waals surface area contributed by atoms with Crippen LogP contribution in [0.4, 0.5) is 0 Å². The molecule has 0 aliphatic rings. The van der Waals surface area contributed by atoms with E-state index in [4.69, 9.17) is 5.11 Å². The van der Waals surface area contributed by atoms with E-state index in [2.05, 4.69) is 4.72 Å². The minimum Gasteiger partial charge on any atom is -0.394 e. The molecular weight excluding hydrogens is 138 g/mol. The Morgan fingerprint density at radius 2 is 2.56 bits per heavy atom. The molecular formula is C5H11NO2S. The van der Waals surface area contributed by atoms with Gasteiger partial charge in [0.2, 0.25) is 0 Å². The lowest BCUT2D eigenvalue weighted by molar-refractivity contribution is -0.109. The lowest BCUT2D eigenvalue weighted by Crippen LogP contribution is -2.28. The molecule has 0 heterocycles. The maximum Gasteiger partial charge on any atom is 0.140 e. The summed E-state index contributed by atoms with van der Waals surface area (Å²) in [7, 11) is 0. The van der Waals surface area contributed by atoms with Gasteiger partial charge in [0.25, 0.3) is 0 Å². The van der Waals surface area contributed by atoms with Crippen molar-refractivity contribution >= 4 is 18.2 Å². The molecule has 0 saturated carbocycles. The summed E-state index contributed by atoms with van der Waals surface area (Å²) in [5, 5.41) is 8.45. The number of aldehydes is 1. The van der Waals surface area contributed by atoms with Gasteiger partial charge < -0.3 is 9.90 Å². The minimum absolute atomic E-state index is 0.128. The summed E-state index contributed by atoms with van der Waals surface area (Å²) in [6.07, 6.45) is 0.697. The number of nitrogens with one attached hydrogen (secondary N) is 1. The topological polar surface area (TPSA) is 49.3 Å². The van der Waals surface area contributed by atoms with Gasteiger partial charge in [-0.05, 0) is 0 Å². The van der Waals surface area contributed by atoms with E-state index in [0.29, 0.717) is 6.29 Å². The Labute approximate surface area is 59.0 Å². The standard InChI is InChI=1S/C5H11NO2S/c1-2-9-6-5(3-7)4-8/h3,5-6,8H,2,4H2,1H3/t5-/m1/s1. The van der Waals surface area contributed by atoms with Crippen LogP contribution in [0, 0.1) is 0 Å². The number of aliphatic hydroxyl groups is 1. The zero-order valence-electron chi connectivity index (χ0n) is 5.33. The lowest BCUT2D eigenvalue weighted by atomic mass is 10.4. The van der Waals surface area contributed by atoms with E-state index < -0.39 is 6.04 Å². The highest BCUT2D eigenvalue weighted by molar-refractivity contribution is 7.97. The molecule has 0 bridgehead atoms.